The van der Waals surface area contributed by atoms with Gasteiger partial charge in [0, 0.05) is 5.57 Å². The third kappa shape index (κ3) is 6.36. The lowest BCUT2D eigenvalue weighted by atomic mass is 10.0. The standard InChI is InChI=1S/C11H18OSi/c1-10(2)11(6-8-12)7-9-13(3,4)5/h6,8,10H,1-5H3/b11-6+. The van der Waals surface area contributed by atoms with Crippen LogP contribution < -0.4 is 0 Å². The molecule has 0 spiro atoms. The summed E-state index contributed by atoms with van der Waals surface area (Å²) in [5, 5.41) is 0. The molecular weight excluding hydrogens is 176 g/mol. The van der Waals surface area contributed by atoms with Gasteiger partial charge in [0.15, 0.2) is 0 Å². The first-order chi connectivity index (χ1) is 5.87. The molecule has 0 bridgehead atoms. The quantitative estimate of drug-likeness (QED) is 0.286. The minimum absolute atomic E-state index is 0.342. The summed E-state index contributed by atoms with van der Waals surface area (Å²) in [6.45, 7) is 10.7. The Morgan fingerprint density at radius 1 is 1.31 bits per heavy atom. The van der Waals surface area contributed by atoms with Gasteiger partial charge >= 0.3 is 0 Å². The molecule has 0 N–H and O–H groups in total. The Balaban J connectivity index is 4.69. The van der Waals surface area contributed by atoms with Crippen molar-refractivity contribution < 1.29 is 4.79 Å². The average Bonchev–Trinajstić information content (AvgIpc) is 1.95. The Kier molecular flexibility index (Phi) is 4.72. The molecule has 13 heavy (non-hydrogen) atoms. The van der Waals surface area contributed by atoms with E-state index < -0.39 is 8.07 Å². The maximum absolute atomic E-state index is 10.3. The molecule has 0 fully saturated rings. The summed E-state index contributed by atoms with van der Waals surface area (Å²) in [4.78, 5) is 10.3. The second kappa shape index (κ2) is 5.03. The molecule has 0 saturated heterocycles. The lowest BCUT2D eigenvalue weighted by Gasteiger charge is -2.06. The molecule has 0 aromatic carbocycles. The van der Waals surface area contributed by atoms with Crippen molar-refractivity contribution in [3.8, 4) is 11.5 Å². The van der Waals surface area contributed by atoms with E-state index in [1.807, 2.05) is 13.8 Å². The average molecular weight is 194 g/mol. The van der Waals surface area contributed by atoms with Crippen LogP contribution in [-0.2, 0) is 4.79 Å². The van der Waals surface area contributed by atoms with Gasteiger partial charge < -0.3 is 0 Å². The van der Waals surface area contributed by atoms with Gasteiger partial charge in [-0.25, -0.2) is 0 Å². The van der Waals surface area contributed by atoms with Gasteiger partial charge in [0.2, 0.25) is 0 Å². The van der Waals surface area contributed by atoms with Crippen LogP contribution in [0.2, 0.25) is 19.6 Å². The smallest absolute Gasteiger partial charge is 0.143 e. The molecule has 72 valence electrons. The lowest BCUT2D eigenvalue weighted by Crippen LogP contribution is -2.16. The Bertz CT molecular complexity index is 258. The number of hydrogen-bond acceptors (Lipinski definition) is 1. The largest absolute Gasteiger partial charge is 0.299 e. The number of carbonyl (C=O) groups excluding carboxylic acids is 1. The maximum Gasteiger partial charge on any atom is 0.143 e. The van der Waals surface area contributed by atoms with Crippen molar-refractivity contribution in [3.63, 3.8) is 0 Å². The van der Waals surface area contributed by atoms with Crippen LogP contribution in [0.15, 0.2) is 11.6 Å². The first-order valence-electron chi connectivity index (χ1n) is 4.55. The van der Waals surface area contributed by atoms with E-state index in [9.17, 15) is 4.79 Å². The minimum Gasteiger partial charge on any atom is -0.299 e. The van der Waals surface area contributed by atoms with Gasteiger partial charge in [0.1, 0.15) is 14.4 Å². The maximum atomic E-state index is 10.3. The van der Waals surface area contributed by atoms with Crippen molar-refractivity contribution in [2.75, 3.05) is 0 Å². The van der Waals surface area contributed by atoms with E-state index in [2.05, 4.69) is 31.1 Å². The van der Waals surface area contributed by atoms with E-state index in [0.29, 0.717) is 5.92 Å². The highest BCUT2D eigenvalue weighted by Gasteiger charge is 2.08. The predicted molar refractivity (Wildman–Crippen MR) is 60.1 cm³/mol. The summed E-state index contributed by atoms with van der Waals surface area (Å²) in [5.74, 6) is 3.44. The van der Waals surface area contributed by atoms with Gasteiger partial charge in [-0.05, 0) is 12.0 Å². The summed E-state index contributed by atoms with van der Waals surface area (Å²) in [6.07, 6.45) is 2.38. The molecule has 0 unspecified atom stereocenters. The third-order valence-corrected chi connectivity index (χ3v) is 2.33. The summed E-state index contributed by atoms with van der Waals surface area (Å²) in [7, 11) is -1.31. The van der Waals surface area contributed by atoms with Gasteiger partial charge in [-0.1, -0.05) is 39.4 Å². The highest BCUT2D eigenvalue weighted by molar-refractivity contribution is 6.83. The van der Waals surface area contributed by atoms with Crippen LogP contribution >= 0.6 is 0 Å². The molecule has 0 heterocycles. The van der Waals surface area contributed by atoms with E-state index in [1.54, 1.807) is 6.08 Å². The van der Waals surface area contributed by atoms with Crippen LogP contribution in [0.4, 0.5) is 0 Å². The molecule has 0 aliphatic carbocycles. The Hall–Kier alpha value is -0.813. The van der Waals surface area contributed by atoms with Crippen LogP contribution in [0.5, 0.6) is 0 Å². The van der Waals surface area contributed by atoms with Crippen LogP contribution in [0.1, 0.15) is 13.8 Å². The molecule has 0 radical (unpaired) electrons. The minimum atomic E-state index is -1.31. The van der Waals surface area contributed by atoms with Crippen LogP contribution in [-0.4, -0.2) is 14.4 Å². The zero-order valence-corrected chi connectivity index (χ0v) is 10.1. The molecule has 0 amide bonds. The number of allylic oxidation sites excluding steroid dienone is 2. The molecule has 0 atom stereocenters. The molecular formula is C11H18OSi. The van der Waals surface area contributed by atoms with E-state index >= 15 is 0 Å². The van der Waals surface area contributed by atoms with Gasteiger partial charge in [-0.3, -0.25) is 4.79 Å². The predicted octanol–water partition coefficient (Wildman–Crippen LogP) is 2.65. The van der Waals surface area contributed by atoms with Crippen LogP contribution in [0.25, 0.3) is 0 Å². The fraction of sp³-hybridized carbons (Fsp3) is 0.545. The van der Waals surface area contributed by atoms with Gasteiger partial charge in [-0.2, -0.15) is 0 Å². The molecule has 0 saturated carbocycles. The van der Waals surface area contributed by atoms with Crippen molar-refractivity contribution in [1.29, 1.82) is 0 Å². The zero-order chi connectivity index (χ0) is 10.5. The Morgan fingerprint density at radius 2 is 1.85 bits per heavy atom. The summed E-state index contributed by atoms with van der Waals surface area (Å²) in [5.41, 5.74) is 4.19. The molecule has 0 aliphatic heterocycles. The first kappa shape index (κ1) is 12.2. The number of aldehydes is 1. The van der Waals surface area contributed by atoms with Crippen molar-refractivity contribution in [1.82, 2.24) is 0 Å². The van der Waals surface area contributed by atoms with Crippen molar-refractivity contribution in [2.45, 2.75) is 33.5 Å². The highest BCUT2D eigenvalue weighted by Crippen LogP contribution is 2.08. The Labute approximate surface area is 82.2 Å². The lowest BCUT2D eigenvalue weighted by molar-refractivity contribution is -0.104. The molecule has 1 nitrogen and oxygen atoms in total. The normalized spacial score (nSPS) is 12.3. The molecule has 0 rings (SSSR count). The van der Waals surface area contributed by atoms with Gasteiger partial charge in [-0.15, -0.1) is 5.54 Å². The zero-order valence-electron chi connectivity index (χ0n) is 9.14. The van der Waals surface area contributed by atoms with E-state index in [0.717, 1.165) is 11.9 Å². The van der Waals surface area contributed by atoms with Crippen LogP contribution in [0, 0.1) is 17.4 Å². The number of rotatable bonds is 2. The fourth-order valence-electron chi connectivity index (χ4n) is 0.711. The first-order valence-corrected chi connectivity index (χ1v) is 8.05. The number of hydrogen-bond donors (Lipinski definition) is 0. The second-order valence-corrected chi connectivity index (χ2v) is 9.16. The summed E-state index contributed by atoms with van der Waals surface area (Å²) in [6, 6.07) is 0. The fourth-order valence-corrected chi connectivity index (χ4v) is 1.23. The topological polar surface area (TPSA) is 17.1 Å². The highest BCUT2D eigenvalue weighted by atomic mass is 28.3. The Morgan fingerprint density at radius 3 is 2.15 bits per heavy atom. The van der Waals surface area contributed by atoms with E-state index in [1.165, 1.54) is 0 Å². The molecule has 0 aromatic rings. The third-order valence-electron chi connectivity index (χ3n) is 1.45. The molecule has 0 aliphatic rings. The van der Waals surface area contributed by atoms with E-state index in [4.69, 9.17) is 0 Å². The second-order valence-electron chi connectivity index (χ2n) is 4.41. The van der Waals surface area contributed by atoms with Crippen molar-refractivity contribution in [3.05, 3.63) is 11.6 Å². The monoisotopic (exact) mass is 194 g/mol. The molecule has 0 aromatic heterocycles. The van der Waals surface area contributed by atoms with Crippen LogP contribution in [0.3, 0.4) is 0 Å². The number of carbonyl (C=O) groups is 1. The van der Waals surface area contributed by atoms with Gasteiger partial charge in [0.25, 0.3) is 0 Å². The SMILES string of the molecule is CC(C)/C(C#C[Si](C)(C)C)=C/C=O. The van der Waals surface area contributed by atoms with Crippen molar-refractivity contribution >= 4 is 14.4 Å². The summed E-state index contributed by atoms with van der Waals surface area (Å²) < 4.78 is 0. The van der Waals surface area contributed by atoms with Gasteiger partial charge in [0.05, 0.1) is 0 Å². The molecule has 2 heteroatoms. The van der Waals surface area contributed by atoms with E-state index in [-0.39, 0.29) is 0 Å². The summed E-state index contributed by atoms with van der Waals surface area (Å²) >= 11 is 0. The van der Waals surface area contributed by atoms with Crippen molar-refractivity contribution in [2.24, 2.45) is 5.92 Å².